The summed E-state index contributed by atoms with van der Waals surface area (Å²) in [7, 11) is 0. The van der Waals surface area contributed by atoms with Crippen LogP contribution >= 0.6 is 22.7 Å². The zero-order valence-electron chi connectivity index (χ0n) is 23.0. The van der Waals surface area contributed by atoms with Crippen molar-refractivity contribution >= 4 is 28.5 Å². The summed E-state index contributed by atoms with van der Waals surface area (Å²) in [6.45, 7) is 4.87. The molecule has 5 aromatic rings. The van der Waals surface area contributed by atoms with E-state index in [1.807, 2.05) is 65.9 Å². The van der Waals surface area contributed by atoms with Crippen molar-refractivity contribution in [1.29, 1.82) is 0 Å². The van der Waals surface area contributed by atoms with E-state index in [1.54, 1.807) is 22.7 Å². The molecule has 2 N–H and O–H groups in total. The molecule has 0 radical (unpaired) electrons. The zero-order valence-corrected chi connectivity index (χ0v) is 24.6. The van der Waals surface area contributed by atoms with E-state index in [0.717, 1.165) is 65.3 Å². The zero-order chi connectivity index (χ0) is 28.1. The number of hydrogen-bond acceptors (Lipinski definition) is 10. The first kappa shape index (κ1) is 28.8. The monoisotopic (exact) mass is 585 g/mol. The minimum Gasteiger partial charge on any atom is -0.494 e. The van der Waals surface area contributed by atoms with Crippen LogP contribution in [0.15, 0.2) is 90.1 Å². The summed E-state index contributed by atoms with van der Waals surface area (Å²) in [6, 6.07) is 18.6. The van der Waals surface area contributed by atoms with Crippen molar-refractivity contribution in [3.05, 3.63) is 117 Å². The highest BCUT2D eigenvalue weighted by atomic mass is 32.1. The van der Waals surface area contributed by atoms with Gasteiger partial charge in [0.1, 0.15) is 21.6 Å². The van der Waals surface area contributed by atoms with Gasteiger partial charge in [-0.25, -0.2) is 15.0 Å². The Morgan fingerprint density at radius 1 is 0.683 bits per heavy atom. The lowest BCUT2D eigenvalue weighted by Crippen LogP contribution is -2.24. The van der Waals surface area contributed by atoms with Crippen molar-refractivity contribution in [2.24, 2.45) is 5.73 Å². The Morgan fingerprint density at radius 2 is 1.41 bits per heavy atom. The van der Waals surface area contributed by atoms with Gasteiger partial charge in [-0.15, -0.1) is 22.7 Å². The van der Waals surface area contributed by atoms with Gasteiger partial charge < -0.3 is 15.4 Å². The molecule has 41 heavy (non-hydrogen) atoms. The number of unbranched alkanes of at least 4 members (excludes halogenated alkanes) is 1. The van der Waals surface area contributed by atoms with Crippen molar-refractivity contribution in [3.8, 4) is 5.75 Å². The van der Waals surface area contributed by atoms with E-state index in [1.165, 1.54) is 5.56 Å². The Morgan fingerprint density at radius 3 is 2.07 bits per heavy atom. The Bertz CT molecular complexity index is 1420. The average molecular weight is 586 g/mol. The molecule has 0 aliphatic heterocycles. The van der Waals surface area contributed by atoms with Crippen LogP contribution < -0.4 is 15.4 Å². The standard InChI is InChI=1S/C31H35N7OS2/c32-9-3-6-14-39-28-18-25(20-37(23-30-35-12-15-40-30)22-27-7-1-4-10-33-27)17-26(19-28)21-38(24-31-36-13-16-41-31)29-8-2-5-11-34-29/h1-2,4-5,7-8,10-13,15-19H,3,6,9,14,20-24,32H2. The third kappa shape index (κ3) is 9.15. The van der Waals surface area contributed by atoms with Crippen LogP contribution in [0.4, 0.5) is 5.82 Å². The number of pyridine rings is 2. The number of rotatable bonds is 16. The maximum absolute atomic E-state index is 6.25. The quantitative estimate of drug-likeness (QED) is 0.143. The Hall–Kier alpha value is -3.70. The molecule has 5 rings (SSSR count). The van der Waals surface area contributed by atoms with Crippen LogP contribution in [0.2, 0.25) is 0 Å². The smallest absolute Gasteiger partial charge is 0.129 e. The van der Waals surface area contributed by atoms with E-state index in [4.69, 9.17) is 10.5 Å². The van der Waals surface area contributed by atoms with Gasteiger partial charge in [-0.2, -0.15) is 0 Å². The fourth-order valence-corrected chi connectivity index (χ4v) is 5.86. The Balaban J connectivity index is 1.41. The van der Waals surface area contributed by atoms with E-state index in [0.29, 0.717) is 26.2 Å². The van der Waals surface area contributed by atoms with Gasteiger partial charge in [-0.3, -0.25) is 9.88 Å². The van der Waals surface area contributed by atoms with Crippen LogP contribution in [-0.2, 0) is 32.7 Å². The van der Waals surface area contributed by atoms with Crippen LogP contribution in [0.1, 0.15) is 39.7 Å². The van der Waals surface area contributed by atoms with E-state index >= 15 is 0 Å². The van der Waals surface area contributed by atoms with Gasteiger partial charge in [0.25, 0.3) is 0 Å². The second-order valence-electron chi connectivity index (χ2n) is 9.69. The highest BCUT2D eigenvalue weighted by Crippen LogP contribution is 2.25. The summed E-state index contributed by atoms with van der Waals surface area (Å²) in [4.78, 5) is 22.9. The summed E-state index contributed by atoms with van der Waals surface area (Å²) in [5.41, 5.74) is 9.08. The van der Waals surface area contributed by atoms with Crippen molar-refractivity contribution in [1.82, 2.24) is 24.8 Å². The van der Waals surface area contributed by atoms with Gasteiger partial charge in [0.05, 0.1) is 25.4 Å². The van der Waals surface area contributed by atoms with Gasteiger partial charge in [0, 0.05) is 55.2 Å². The molecule has 0 amide bonds. The molecule has 10 heteroatoms. The molecule has 0 fully saturated rings. The number of thiazole rings is 2. The molecule has 8 nitrogen and oxygen atoms in total. The summed E-state index contributed by atoms with van der Waals surface area (Å²) in [6.07, 6.45) is 9.26. The number of hydrogen-bond donors (Lipinski definition) is 1. The topological polar surface area (TPSA) is 93.3 Å². The molecule has 4 heterocycles. The van der Waals surface area contributed by atoms with Crippen LogP contribution in [0, 0.1) is 0 Å². The third-order valence-electron chi connectivity index (χ3n) is 6.41. The molecule has 0 bridgehead atoms. The van der Waals surface area contributed by atoms with Crippen molar-refractivity contribution in [2.75, 3.05) is 18.1 Å². The molecule has 0 spiro atoms. The normalized spacial score (nSPS) is 11.2. The first-order chi connectivity index (χ1) is 20.2. The van der Waals surface area contributed by atoms with Gasteiger partial charge in [-0.05, 0) is 66.9 Å². The number of nitrogens with zero attached hydrogens (tertiary/aromatic N) is 6. The van der Waals surface area contributed by atoms with E-state index in [9.17, 15) is 0 Å². The maximum atomic E-state index is 6.25. The summed E-state index contributed by atoms with van der Waals surface area (Å²) < 4.78 is 6.25. The van der Waals surface area contributed by atoms with Crippen LogP contribution in [0.3, 0.4) is 0 Å². The number of nitrogens with two attached hydrogens (primary N) is 1. The highest BCUT2D eigenvalue weighted by Gasteiger charge is 2.16. The third-order valence-corrected chi connectivity index (χ3v) is 7.94. The number of ether oxygens (including phenoxy) is 1. The minimum absolute atomic E-state index is 0.639. The Labute approximate surface area is 249 Å². The number of aromatic nitrogens is 4. The molecule has 1 aromatic carbocycles. The predicted octanol–water partition coefficient (Wildman–Crippen LogP) is 5.92. The summed E-state index contributed by atoms with van der Waals surface area (Å²) >= 11 is 3.33. The molecule has 0 saturated heterocycles. The van der Waals surface area contributed by atoms with Crippen LogP contribution in [0.25, 0.3) is 0 Å². The lowest BCUT2D eigenvalue weighted by atomic mass is 10.1. The second-order valence-corrected chi connectivity index (χ2v) is 11.6. The molecule has 0 unspecified atom stereocenters. The first-order valence-corrected chi connectivity index (χ1v) is 15.5. The molecule has 4 aromatic heterocycles. The number of anilines is 1. The van der Waals surface area contributed by atoms with Crippen molar-refractivity contribution in [2.45, 2.75) is 45.6 Å². The summed E-state index contributed by atoms with van der Waals surface area (Å²) in [5.74, 6) is 1.79. The molecule has 0 saturated carbocycles. The van der Waals surface area contributed by atoms with Gasteiger partial charge in [-0.1, -0.05) is 18.2 Å². The molecule has 212 valence electrons. The fraction of sp³-hybridized carbons (Fsp3) is 0.290. The van der Waals surface area contributed by atoms with Crippen LogP contribution in [-0.4, -0.2) is 38.0 Å². The van der Waals surface area contributed by atoms with Crippen molar-refractivity contribution < 1.29 is 4.74 Å². The van der Waals surface area contributed by atoms with E-state index in [-0.39, 0.29) is 0 Å². The van der Waals surface area contributed by atoms with Gasteiger partial charge in [0.15, 0.2) is 0 Å². The van der Waals surface area contributed by atoms with E-state index < -0.39 is 0 Å². The lowest BCUT2D eigenvalue weighted by Gasteiger charge is -2.25. The molecule has 0 aliphatic rings. The lowest BCUT2D eigenvalue weighted by molar-refractivity contribution is 0.243. The van der Waals surface area contributed by atoms with Crippen LogP contribution in [0.5, 0.6) is 5.75 Å². The van der Waals surface area contributed by atoms with Gasteiger partial charge in [0.2, 0.25) is 0 Å². The average Bonchev–Trinajstić information content (AvgIpc) is 3.71. The summed E-state index contributed by atoms with van der Waals surface area (Å²) in [5, 5.41) is 6.17. The fourth-order valence-electron chi connectivity index (χ4n) is 4.57. The largest absolute Gasteiger partial charge is 0.494 e. The minimum atomic E-state index is 0.639. The second kappa shape index (κ2) is 15.3. The van der Waals surface area contributed by atoms with Gasteiger partial charge >= 0.3 is 0 Å². The molecule has 0 aliphatic carbocycles. The highest BCUT2D eigenvalue weighted by molar-refractivity contribution is 7.09. The number of benzene rings is 1. The first-order valence-electron chi connectivity index (χ1n) is 13.8. The van der Waals surface area contributed by atoms with Crippen molar-refractivity contribution in [3.63, 3.8) is 0 Å². The van der Waals surface area contributed by atoms with E-state index in [2.05, 4.69) is 54.0 Å². The SMILES string of the molecule is NCCCCOc1cc(CN(Cc2ccccn2)Cc2nccs2)cc(CN(Cc2nccs2)c2ccccn2)c1. The predicted molar refractivity (Wildman–Crippen MR) is 166 cm³/mol. The molecular weight excluding hydrogens is 551 g/mol. The molecular formula is C31H35N7OS2. The Kier molecular flexibility index (Phi) is 10.8. The molecule has 0 atom stereocenters. The maximum Gasteiger partial charge on any atom is 0.129 e.